The Balaban J connectivity index is 3.11. The average Bonchev–Trinajstić information content (AvgIpc) is 2.74. The number of hydrogen-bond donors (Lipinski definition) is 0. The van der Waals surface area contributed by atoms with Gasteiger partial charge in [-0.15, -0.1) is 0 Å². The summed E-state index contributed by atoms with van der Waals surface area (Å²) in [7, 11) is -3.97. The number of hydrogen-bond acceptors (Lipinski definition) is 5. The predicted molar refractivity (Wildman–Crippen MR) is 118 cm³/mol. The fourth-order valence-electron chi connectivity index (χ4n) is 2.84. The van der Waals surface area contributed by atoms with Gasteiger partial charge in [0, 0.05) is 13.1 Å². The summed E-state index contributed by atoms with van der Waals surface area (Å²) in [6.07, 6.45) is 8.71. The van der Waals surface area contributed by atoms with Crippen LogP contribution in [0.5, 0.6) is 0 Å². The van der Waals surface area contributed by atoms with E-state index in [4.69, 9.17) is 4.74 Å². The van der Waals surface area contributed by atoms with Gasteiger partial charge in [-0.1, -0.05) is 51.3 Å². The minimum Gasteiger partial charge on any atom is -0.461 e. The molecule has 0 saturated carbocycles. The SMILES string of the molecule is CCCCC(CC)COC(=O)/C(=C\C=C\N(CC)CC)S(=O)(=O)c1ccccc1. The van der Waals surface area contributed by atoms with E-state index in [-0.39, 0.29) is 22.3 Å². The summed E-state index contributed by atoms with van der Waals surface area (Å²) in [5, 5.41) is 0. The van der Waals surface area contributed by atoms with Crippen molar-refractivity contribution in [1.82, 2.24) is 4.90 Å². The van der Waals surface area contributed by atoms with Crippen molar-refractivity contribution >= 4 is 15.8 Å². The molecule has 162 valence electrons. The average molecular weight is 422 g/mol. The fourth-order valence-corrected chi connectivity index (χ4v) is 4.15. The molecule has 1 rings (SSSR count). The van der Waals surface area contributed by atoms with Gasteiger partial charge in [-0.05, 0) is 56.7 Å². The molecule has 1 aromatic carbocycles. The van der Waals surface area contributed by atoms with Crippen LogP contribution in [0, 0.1) is 5.92 Å². The van der Waals surface area contributed by atoms with Crippen LogP contribution in [-0.2, 0) is 19.4 Å². The van der Waals surface area contributed by atoms with E-state index in [1.807, 2.05) is 18.7 Å². The number of nitrogens with zero attached hydrogens (tertiary/aromatic N) is 1. The molecule has 0 N–H and O–H groups in total. The highest BCUT2D eigenvalue weighted by Gasteiger charge is 2.28. The summed E-state index contributed by atoms with van der Waals surface area (Å²) in [5.41, 5.74) is 0. The number of esters is 1. The van der Waals surface area contributed by atoms with Crippen molar-refractivity contribution in [2.45, 2.75) is 58.3 Å². The van der Waals surface area contributed by atoms with Gasteiger partial charge >= 0.3 is 5.97 Å². The van der Waals surface area contributed by atoms with Crippen LogP contribution in [0.3, 0.4) is 0 Å². The summed E-state index contributed by atoms with van der Waals surface area (Å²) < 4.78 is 31.6. The van der Waals surface area contributed by atoms with E-state index in [9.17, 15) is 13.2 Å². The lowest BCUT2D eigenvalue weighted by atomic mass is 10.0. The second-order valence-electron chi connectivity index (χ2n) is 6.93. The fraction of sp³-hybridized carbons (Fsp3) is 0.522. The number of rotatable bonds is 13. The monoisotopic (exact) mass is 421 g/mol. The van der Waals surface area contributed by atoms with E-state index < -0.39 is 15.8 Å². The number of allylic oxidation sites excluding steroid dienone is 2. The molecule has 1 atom stereocenters. The van der Waals surface area contributed by atoms with E-state index in [0.717, 1.165) is 38.8 Å². The molecular weight excluding hydrogens is 386 g/mol. The topological polar surface area (TPSA) is 63.7 Å². The Bertz CT molecular complexity index is 765. The summed E-state index contributed by atoms with van der Waals surface area (Å²) in [6, 6.07) is 7.99. The molecule has 0 saturated heterocycles. The Morgan fingerprint density at radius 3 is 2.31 bits per heavy atom. The van der Waals surface area contributed by atoms with E-state index >= 15 is 0 Å². The summed E-state index contributed by atoms with van der Waals surface area (Å²) in [6.45, 7) is 10.0. The van der Waals surface area contributed by atoms with Gasteiger partial charge in [-0.25, -0.2) is 13.2 Å². The highest BCUT2D eigenvalue weighted by Crippen LogP contribution is 2.21. The van der Waals surface area contributed by atoms with Crippen molar-refractivity contribution in [3.05, 3.63) is 53.6 Å². The van der Waals surface area contributed by atoms with Crippen LogP contribution >= 0.6 is 0 Å². The van der Waals surface area contributed by atoms with Gasteiger partial charge in [0.25, 0.3) is 0 Å². The maximum atomic E-state index is 13.1. The molecule has 1 aromatic rings. The number of carbonyl (C=O) groups is 1. The molecule has 5 nitrogen and oxygen atoms in total. The quantitative estimate of drug-likeness (QED) is 0.256. The largest absolute Gasteiger partial charge is 0.461 e. The van der Waals surface area contributed by atoms with Crippen LogP contribution in [0.1, 0.15) is 53.4 Å². The molecule has 0 radical (unpaired) electrons. The van der Waals surface area contributed by atoms with Crippen molar-refractivity contribution in [3.63, 3.8) is 0 Å². The highest BCUT2D eigenvalue weighted by atomic mass is 32.2. The third-order valence-corrected chi connectivity index (χ3v) is 6.67. The minimum absolute atomic E-state index is 0.0810. The minimum atomic E-state index is -3.97. The summed E-state index contributed by atoms with van der Waals surface area (Å²) >= 11 is 0. The Kier molecular flexibility index (Phi) is 11.4. The maximum absolute atomic E-state index is 13.1. The predicted octanol–water partition coefficient (Wildman–Crippen LogP) is 4.96. The van der Waals surface area contributed by atoms with Crippen LogP contribution in [0.25, 0.3) is 0 Å². The molecule has 0 spiro atoms. The maximum Gasteiger partial charge on any atom is 0.350 e. The molecule has 0 fully saturated rings. The summed E-state index contributed by atoms with van der Waals surface area (Å²) in [4.78, 5) is 14.5. The number of benzene rings is 1. The van der Waals surface area contributed by atoms with Gasteiger partial charge in [-0.2, -0.15) is 0 Å². The van der Waals surface area contributed by atoms with Gasteiger partial charge in [-0.3, -0.25) is 0 Å². The first-order chi connectivity index (χ1) is 13.9. The Labute approximate surface area is 176 Å². The van der Waals surface area contributed by atoms with Crippen LogP contribution in [0.2, 0.25) is 0 Å². The summed E-state index contributed by atoms with van der Waals surface area (Å²) in [5.74, 6) is -0.557. The molecule has 0 heterocycles. The first kappa shape index (κ1) is 25.0. The zero-order chi connectivity index (χ0) is 21.7. The smallest absolute Gasteiger partial charge is 0.350 e. The van der Waals surface area contributed by atoms with Crippen LogP contribution < -0.4 is 0 Å². The second-order valence-corrected chi connectivity index (χ2v) is 8.84. The normalized spacial score (nSPS) is 13.4. The lowest BCUT2D eigenvalue weighted by molar-refractivity contribution is -0.139. The van der Waals surface area contributed by atoms with Gasteiger partial charge in [0.15, 0.2) is 4.91 Å². The first-order valence-electron chi connectivity index (χ1n) is 10.5. The number of sulfone groups is 1. The second kappa shape index (κ2) is 13.2. The lowest BCUT2D eigenvalue weighted by Gasteiger charge is -2.16. The molecule has 0 aliphatic heterocycles. The zero-order valence-electron chi connectivity index (χ0n) is 18.1. The van der Waals surface area contributed by atoms with Crippen molar-refractivity contribution < 1.29 is 17.9 Å². The Morgan fingerprint density at radius 2 is 1.76 bits per heavy atom. The van der Waals surface area contributed by atoms with Crippen molar-refractivity contribution in [2.75, 3.05) is 19.7 Å². The van der Waals surface area contributed by atoms with Crippen molar-refractivity contribution in [1.29, 1.82) is 0 Å². The van der Waals surface area contributed by atoms with E-state index in [2.05, 4.69) is 13.8 Å². The molecular formula is C23H35NO4S. The third kappa shape index (κ3) is 8.05. The van der Waals surface area contributed by atoms with Gasteiger partial charge in [0.05, 0.1) is 11.5 Å². The van der Waals surface area contributed by atoms with Crippen molar-refractivity contribution in [2.24, 2.45) is 5.92 Å². The van der Waals surface area contributed by atoms with Gasteiger partial charge < -0.3 is 9.64 Å². The Morgan fingerprint density at radius 1 is 1.10 bits per heavy atom. The number of carbonyl (C=O) groups excluding carboxylic acids is 1. The molecule has 1 unspecified atom stereocenters. The van der Waals surface area contributed by atoms with Gasteiger partial charge in [0.1, 0.15) is 0 Å². The van der Waals surface area contributed by atoms with Crippen LogP contribution in [0.4, 0.5) is 0 Å². The van der Waals surface area contributed by atoms with E-state index in [1.165, 1.54) is 18.2 Å². The number of unbranched alkanes of at least 4 members (excludes halogenated alkanes) is 1. The van der Waals surface area contributed by atoms with Crippen LogP contribution in [0.15, 0.2) is 58.5 Å². The van der Waals surface area contributed by atoms with E-state index in [1.54, 1.807) is 30.5 Å². The zero-order valence-corrected chi connectivity index (χ0v) is 19.0. The molecule has 0 aliphatic rings. The molecule has 6 heteroatoms. The third-order valence-electron chi connectivity index (χ3n) is 4.89. The molecule has 0 bridgehead atoms. The standard InChI is InChI=1S/C23H35NO4S/c1-5-9-14-20(6-2)19-28-23(25)22(17-13-18-24(7-3)8-4)29(26,27)21-15-11-10-12-16-21/h10-13,15-18,20H,5-9,14,19H2,1-4H3/b18-13+,22-17+. The van der Waals surface area contributed by atoms with Crippen molar-refractivity contribution in [3.8, 4) is 0 Å². The van der Waals surface area contributed by atoms with Crippen LogP contribution in [-0.4, -0.2) is 39.0 Å². The molecule has 0 amide bonds. The first-order valence-corrected chi connectivity index (χ1v) is 12.0. The van der Waals surface area contributed by atoms with Gasteiger partial charge in [0.2, 0.25) is 9.84 Å². The molecule has 0 aliphatic carbocycles. The Hall–Kier alpha value is -2.08. The molecule has 0 aromatic heterocycles. The highest BCUT2D eigenvalue weighted by molar-refractivity contribution is 7.96. The number of ether oxygens (including phenoxy) is 1. The lowest BCUT2D eigenvalue weighted by Crippen LogP contribution is -2.20. The van der Waals surface area contributed by atoms with E-state index in [0.29, 0.717) is 0 Å². The molecule has 29 heavy (non-hydrogen) atoms.